The van der Waals surface area contributed by atoms with E-state index in [1.54, 1.807) is 0 Å². The fourth-order valence-corrected chi connectivity index (χ4v) is 2.86. The van der Waals surface area contributed by atoms with E-state index >= 15 is 0 Å². The molecule has 4 N–H and O–H groups in total. The number of nitrogen functional groups attached to an aromatic ring is 2. The molecule has 0 radical (unpaired) electrons. The van der Waals surface area contributed by atoms with Crippen LogP contribution in [0.3, 0.4) is 0 Å². The molecule has 22 heavy (non-hydrogen) atoms. The molecule has 0 amide bonds. The molecule has 0 aliphatic heterocycles. The summed E-state index contributed by atoms with van der Waals surface area (Å²) in [6, 6.07) is 21.9. The second-order valence-corrected chi connectivity index (χ2v) is 5.41. The van der Waals surface area contributed by atoms with Gasteiger partial charge in [-0.25, -0.2) is 4.98 Å². The van der Waals surface area contributed by atoms with Crippen molar-refractivity contribution in [2.45, 2.75) is 0 Å². The number of fused-ring (bicyclic) bond motifs is 3. The Morgan fingerprint density at radius 3 is 2.09 bits per heavy atom. The summed E-state index contributed by atoms with van der Waals surface area (Å²) in [6.07, 6.45) is 0. The van der Waals surface area contributed by atoms with E-state index in [-0.39, 0.29) is 0 Å². The smallest absolute Gasteiger partial charge is 0.0788 e. The number of rotatable bonds is 1. The fourth-order valence-electron chi connectivity index (χ4n) is 2.86. The minimum Gasteiger partial charge on any atom is -0.399 e. The first kappa shape index (κ1) is 12.7. The van der Waals surface area contributed by atoms with E-state index in [9.17, 15) is 0 Å². The topological polar surface area (TPSA) is 64.9 Å². The van der Waals surface area contributed by atoms with Crippen molar-refractivity contribution in [2.75, 3.05) is 11.5 Å². The summed E-state index contributed by atoms with van der Waals surface area (Å²) in [4.78, 5) is 4.84. The Morgan fingerprint density at radius 2 is 1.32 bits per heavy atom. The Bertz CT molecular complexity index is 992. The third kappa shape index (κ3) is 1.95. The van der Waals surface area contributed by atoms with E-state index in [1.807, 2.05) is 48.5 Å². The number of anilines is 2. The van der Waals surface area contributed by atoms with Crippen molar-refractivity contribution in [1.29, 1.82) is 0 Å². The van der Waals surface area contributed by atoms with Crippen LogP contribution < -0.4 is 11.5 Å². The van der Waals surface area contributed by atoms with Gasteiger partial charge in [0.05, 0.1) is 11.2 Å². The number of pyridine rings is 1. The zero-order chi connectivity index (χ0) is 15.1. The lowest BCUT2D eigenvalue weighted by molar-refractivity contribution is 1.43. The monoisotopic (exact) mass is 285 g/mol. The van der Waals surface area contributed by atoms with Gasteiger partial charge in [-0.2, -0.15) is 0 Å². The minimum absolute atomic E-state index is 0.716. The number of benzene rings is 3. The van der Waals surface area contributed by atoms with Gasteiger partial charge in [0, 0.05) is 27.7 Å². The molecule has 0 fully saturated rings. The van der Waals surface area contributed by atoms with Crippen LogP contribution in [0.4, 0.5) is 11.4 Å². The molecule has 0 aliphatic carbocycles. The summed E-state index contributed by atoms with van der Waals surface area (Å²) in [5.41, 5.74) is 16.3. The van der Waals surface area contributed by atoms with Gasteiger partial charge in [-0.1, -0.05) is 42.5 Å². The molecule has 3 heteroatoms. The summed E-state index contributed by atoms with van der Waals surface area (Å²) < 4.78 is 0. The Hall–Kier alpha value is -3.07. The highest BCUT2D eigenvalue weighted by atomic mass is 14.7. The molecule has 1 heterocycles. The molecule has 0 bridgehead atoms. The van der Waals surface area contributed by atoms with Crippen molar-refractivity contribution in [1.82, 2.24) is 4.98 Å². The molecule has 3 aromatic carbocycles. The molecule has 1 aromatic heterocycles. The van der Waals surface area contributed by atoms with Crippen LogP contribution in [0.1, 0.15) is 0 Å². The van der Waals surface area contributed by atoms with Crippen molar-refractivity contribution in [3.05, 3.63) is 66.7 Å². The SMILES string of the molecule is Nc1ccc2c(c1)nc(-c1ccccc1)c1cc(N)ccc12. The maximum Gasteiger partial charge on any atom is 0.0788 e. The standard InChI is InChI=1S/C19H15N3/c20-13-6-8-15-16-9-7-14(21)11-18(16)22-19(17(15)10-13)12-4-2-1-3-5-12/h1-11H,20-21H2. The summed E-state index contributed by atoms with van der Waals surface area (Å²) in [5, 5.41) is 3.28. The van der Waals surface area contributed by atoms with Crippen LogP contribution in [0.2, 0.25) is 0 Å². The maximum atomic E-state index is 5.99. The lowest BCUT2D eigenvalue weighted by atomic mass is 9.99. The van der Waals surface area contributed by atoms with Crippen LogP contribution in [-0.2, 0) is 0 Å². The minimum atomic E-state index is 0.716. The highest BCUT2D eigenvalue weighted by molar-refractivity contribution is 6.12. The van der Waals surface area contributed by atoms with Crippen molar-refractivity contribution in [2.24, 2.45) is 0 Å². The molecule has 0 unspecified atom stereocenters. The second kappa shape index (κ2) is 4.74. The molecule has 4 rings (SSSR count). The zero-order valence-electron chi connectivity index (χ0n) is 12.0. The van der Waals surface area contributed by atoms with Crippen molar-refractivity contribution in [3.8, 4) is 11.3 Å². The quantitative estimate of drug-likeness (QED) is 0.406. The second-order valence-electron chi connectivity index (χ2n) is 5.41. The van der Waals surface area contributed by atoms with E-state index in [0.717, 1.165) is 38.6 Å². The highest BCUT2D eigenvalue weighted by Gasteiger charge is 2.10. The van der Waals surface area contributed by atoms with Crippen molar-refractivity contribution in [3.63, 3.8) is 0 Å². The molecule has 0 spiro atoms. The third-order valence-electron chi connectivity index (χ3n) is 3.89. The Balaban J connectivity index is 2.19. The van der Waals surface area contributed by atoms with Crippen LogP contribution in [0.25, 0.3) is 32.9 Å². The van der Waals surface area contributed by atoms with Crippen LogP contribution in [0, 0.1) is 0 Å². The van der Waals surface area contributed by atoms with Gasteiger partial charge in [0.2, 0.25) is 0 Å². The van der Waals surface area contributed by atoms with E-state index in [4.69, 9.17) is 16.5 Å². The Labute approximate surface area is 128 Å². The summed E-state index contributed by atoms with van der Waals surface area (Å²) in [6.45, 7) is 0. The molecule has 0 saturated heterocycles. The molecule has 4 aromatic rings. The Kier molecular flexibility index (Phi) is 2.73. The van der Waals surface area contributed by atoms with Crippen LogP contribution in [0.15, 0.2) is 66.7 Å². The first-order valence-corrected chi connectivity index (χ1v) is 7.16. The summed E-state index contributed by atoms with van der Waals surface area (Å²) >= 11 is 0. The van der Waals surface area contributed by atoms with Gasteiger partial charge < -0.3 is 11.5 Å². The van der Waals surface area contributed by atoms with Crippen molar-refractivity contribution >= 4 is 33.1 Å². The predicted octanol–water partition coefficient (Wildman–Crippen LogP) is 4.22. The van der Waals surface area contributed by atoms with Crippen LogP contribution >= 0.6 is 0 Å². The van der Waals surface area contributed by atoms with Gasteiger partial charge in [-0.3, -0.25) is 0 Å². The van der Waals surface area contributed by atoms with E-state index in [2.05, 4.69) is 18.2 Å². The molecule has 3 nitrogen and oxygen atoms in total. The average Bonchev–Trinajstić information content (AvgIpc) is 2.54. The largest absolute Gasteiger partial charge is 0.399 e. The predicted molar refractivity (Wildman–Crippen MR) is 93.5 cm³/mol. The Morgan fingerprint density at radius 1 is 0.636 bits per heavy atom. The number of hydrogen-bond acceptors (Lipinski definition) is 3. The summed E-state index contributed by atoms with van der Waals surface area (Å²) in [5.74, 6) is 0. The molecular weight excluding hydrogens is 270 g/mol. The number of aromatic nitrogens is 1. The van der Waals surface area contributed by atoms with Gasteiger partial charge in [0.1, 0.15) is 0 Å². The lowest BCUT2D eigenvalue weighted by Crippen LogP contribution is -1.93. The number of hydrogen-bond donors (Lipinski definition) is 2. The highest BCUT2D eigenvalue weighted by Crippen LogP contribution is 2.34. The van der Waals surface area contributed by atoms with Gasteiger partial charge in [-0.05, 0) is 29.7 Å². The van der Waals surface area contributed by atoms with E-state index in [1.165, 1.54) is 0 Å². The molecule has 0 saturated carbocycles. The molecule has 0 aliphatic rings. The van der Waals surface area contributed by atoms with Crippen molar-refractivity contribution < 1.29 is 0 Å². The summed E-state index contributed by atoms with van der Waals surface area (Å²) in [7, 11) is 0. The van der Waals surface area contributed by atoms with Gasteiger partial charge >= 0.3 is 0 Å². The normalized spacial score (nSPS) is 11.1. The molecular formula is C19H15N3. The maximum absolute atomic E-state index is 5.99. The average molecular weight is 285 g/mol. The zero-order valence-corrected chi connectivity index (χ0v) is 12.0. The third-order valence-corrected chi connectivity index (χ3v) is 3.89. The van der Waals surface area contributed by atoms with E-state index in [0.29, 0.717) is 5.69 Å². The van der Waals surface area contributed by atoms with Gasteiger partial charge in [0.15, 0.2) is 0 Å². The van der Waals surface area contributed by atoms with E-state index < -0.39 is 0 Å². The number of nitrogens with zero attached hydrogens (tertiary/aromatic N) is 1. The fraction of sp³-hybridized carbons (Fsp3) is 0. The van der Waals surface area contributed by atoms with Gasteiger partial charge in [0.25, 0.3) is 0 Å². The lowest BCUT2D eigenvalue weighted by Gasteiger charge is -2.11. The van der Waals surface area contributed by atoms with Gasteiger partial charge in [-0.15, -0.1) is 0 Å². The first-order valence-electron chi connectivity index (χ1n) is 7.16. The van der Waals surface area contributed by atoms with Crippen LogP contribution in [-0.4, -0.2) is 4.98 Å². The van der Waals surface area contributed by atoms with Crippen LogP contribution in [0.5, 0.6) is 0 Å². The molecule has 0 atom stereocenters. The molecule has 106 valence electrons. The first-order chi connectivity index (χ1) is 10.7. The number of nitrogens with two attached hydrogens (primary N) is 2.